The highest BCUT2D eigenvalue weighted by atomic mass is 19.1. The van der Waals surface area contributed by atoms with E-state index < -0.39 is 6.17 Å². The quantitative estimate of drug-likeness (QED) is 0.396. The molecule has 0 aliphatic carbocycles. The van der Waals surface area contributed by atoms with E-state index in [1.54, 1.807) is 13.2 Å². The molecule has 6 heteroatoms. The van der Waals surface area contributed by atoms with Crippen LogP contribution in [0.15, 0.2) is 60.5 Å². The fourth-order valence-corrected chi connectivity index (χ4v) is 4.25. The molecule has 0 bridgehead atoms. The number of alkyl halides is 1. The van der Waals surface area contributed by atoms with Gasteiger partial charge in [0.15, 0.2) is 5.78 Å². The van der Waals surface area contributed by atoms with Crippen molar-refractivity contribution in [2.75, 3.05) is 33.9 Å². The maximum absolute atomic E-state index is 12.5. The molecule has 0 saturated carbocycles. The van der Waals surface area contributed by atoms with Crippen LogP contribution in [0.1, 0.15) is 62.5 Å². The van der Waals surface area contributed by atoms with Gasteiger partial charge in [-0.3, -0.25) is 9.69 Å². The molecule has 0 radical (unpaired) electrons. The minimum absolute atomic E-state index is 0.0451. The van der Waals surface area contributed by atoms with E-state index in [-0.39, 0.29) is 11.8 Å². The summed E-state index contributed by atoms with van der Waals surface area (Å²) in [4.78, 5) is 17.0. The van der Waals surface area contributed by atoms with Crippen LogP contribution in [0.4, 0.5) is 4.39 Å². The van der Waals surface area contributed by atoms with Crippen LogP contribution in [0.2, 0.25) is 0 Å². The molecule has 1 aromatic carbocycles. The molecular weight excluding hydrogens is 455 g/mol. The number of ether oxygens (including phenoxy) is 2. The first-order chi connectivity index (χ1) is 17.2. The van der Waals surface area contributed by atoms with Crippen LogP contribution in [0.3, 0.4) is 0 Å². The number of ketones is 1. The number of nitrogens with zero attached hydrogens (tertiary/aromatic N) is 2. The number of carbonyl (C=O) groups is 1. The van der Waals surface area contributed by atoms with Crippen molar-refractivity contribution in [3.8, 4) is 5.75 Å². The molecule has 36 heavy (non-hydrogen) atoms. The zero-order valence-corrected chi connectivity index (χ0v) is 22.8. The van der Waals surface area contributed by atoms with Crippen LogP contribution in [0, 0.1) is 0 Å². The van der Waals surface area contributed by atoms with E-state index in [0.717, 1.165) is 35.7 Å². The zero-order valence-electron chi connectivity index (χ0n) is 22.8. The predicted molar refractivity (Wildman–Crippen MR) is 148 cm³/mol. The van der Waals surface area contributed by atoms with Gasteiger partial charge >= 0.3 is 0 Å². The lowest BCUT2D eigenvalue weighted by atomic mass is 9.95. The Bertz CT molecular complexity index is 1050. The van der Waals surface area contributed by atoms with Gasteiger partial charge in [-0.05, 0) is 70.2 Å². The van der Waals surface area contributed by atoms with Crippen molar-refractivity contribution in [3.05, 3.63) is 77.2 Å². The van der Waals surface area contributed by atoms with Gasteiger partial charge < -0.3 is 14.4 Å². The van der Waals surface area contributed by atoms with Crippen molar-refractivity contribution in [2.24, 2.45) is 0 Å². The van der Waals surface area contributed by atoms with Crippen LogP contribution < -0.4 is 4.74 Å². The lowest BCUT2D eigenvalue weighted by Gasteiger charge is -2.36. The number of hydrogen-bond acceptors (Lipinski definition) is 5. The lowest BCUT2D eigenvalue weighted by Crippen LogP contribution is -2.44. The monoisotopic (exact) mass is 496 g/mol. The van der Waals surface area contributed by atoms with Gasteiger partial charge in [-0.1, -0.05) is 31.7 Å². The van der Waals surface area contributed by atoms with Crippen molar-refractivity contribution < 1.29 is 18.7 Å². The van der Waals surface area contributed by atoms with Crippen molar-refractivity contribution in [2.45, 2.75) is 53.3 Å². The highest BCUT2D eigenvalue weighted by Gasteiger charge is 2.26. The largest absolute Gasteiger partial charge is 0.496 e. The molecule has 2 aliphatic heterocycles. The molecular formula is C30H41FN2O3. The average Bonchev–Trinajstić information content (AvgIpc) is 2.88. The van der Waals surface area contributed by atoms with Gasteiger partial charge in [0.1, 0.15) is 5.75 Å². The first-order valence-corrected chi connectivity index (χ1v) is 12.5. The number of hydrogen-bond donors (Lipinski definition) is 0. The molecule has 1 unspecified atom stereocenters. The van der Waals surface area contributed by atoms with E-state index in [1.807, 2.05) is 32.9 Å². The van der Waals surface area contributed by atoms with E-state index in [0.29, 0.717) is 24.3 Å². The fourth-order valence-electron chi connectivity index (χ4n) is 4.25. The smallest absolute Gasteiger partial charge is 0.166 e. The number of Topliss-reactive ketones (excluding diaryl/α,β-unsaturated/α-hetero) is 1. The summed E-state index contributed by atoms with van der Waals surface area (Å²) in [6, 6.07) is 4.20. The first-order valence-electron chi connectivity index (χ1n) is 12.5. The Balaban J connectivity index is 0.00000106. The number of likely N-dealkylation sites (N-methyl/N-ethyl adjacent to an activating group) is 1. The maximum Gasteiger partial charge on any atom is 0.166 e. The summed E-state index contributed by atoms with van der Waals surface area (Å²) >= 11 is 0. The Morgan fingerprint density at radius 1 is 1.33 bits per heavy atom. The Morgan fingerprint density at radius 3 is 2.56 bits per heavy atom. The normalized spacial score (nSPS) is 19.6. The molecule has 1 atom stereocenters. The number of benzene rings is 1. The van der Waals surface area contributed by atoms with E-state index in [9.17, 15) is 9.18 Å². The van der Waals surface area contributed by atoms with E-state index in [1.165, 1.54) is 19.4 Å². The maximum atomic E-state index is 12.5. The summed E-state index contributed by atoms with van der Waals surface area (Å²) in [7, 11) is 3.74. The molecule has 1 fully saturated rings. The molecule has 0 N–H and O–H groups in total. The number of methoxy groups -OCH3 is 1. The van der Waals surface area contributed by atoms with Crippen molar-refractivity contribution in [1.29, 1.82) is 0 Å². The van der Waals surface area contributed by atoms with Gasteiger partial charge in [0.25, 0.3) is 0 Å². The zero-order chi connectivity index (χ0) is 26.8. The van der Waals surface area contributed by atoms with Crippen LogP contribution in [0.5, 0.6) is 5.75 Å². The third-order valence-electron chi connectivity index (χ3n) is 6.09. The molecule has 5 nitrogen and oxygen atoms in total. The number of carbonyl (C=O) groups excluding carboxylic acids is 1. The van der Waals surface area contributed by atoms with E-state index >= 15 is 0 Å². The minimum atomic E-state index is -0.667. The van der Waals surface area contributed by atoms with Crippen molar-refractivity contribution >= 4 is 17.6 Å². The van der Waals surface area contributed by atoms with Gasteiger partial charge in [0, 0.05) is 36.1 Å². The van der Waals surface area contributed by atoms with Crippen LogP contribution in [0.25, 0.3) is 11.8 Å². The highest BCUT2D eigenvalue weighted by molar-refractivity contribution is 6.02. The van der Waals surface area contributed by atoms with Crippen LogP contribution in [-0.2, 0) is 4.74 Å². The third kappa shape index (κ3) is 7.05. The third-order valence-corrected chi connectivity index (χ3v) is 6.09. The fraction of sp³-hybridized carbons (Fsp3) is 0.433. The predicted octanol–water partition coefficient (Wildman–Crippen LogP) is 6.65. The lowest BCUT2D eigenvalue weighted by molar-refractivity contribution is 0.0204. The highest BCUT2D eigenvalue weighted by Crippen LogP contribution is 2.35. The molecule has 0 amide bonds. The molecule has 2 heterocycles. The SMILES string of the molecule is C=Cc1cc(/C(=C/C)N2C=CC(C3COCCN3C)=C/C2=C\C)cc(OC)c1C(=O)CC.CC(C)F. The molecule has 3 rings (SSSR count). The standard InChI is InChI=1S/C27H34N2O3.C3H7F/c1-7-19-15-21(17-26(31-6)27(19)25(30)10-4)23(9-3)29-12-11-20(16-22(29)8-2)24-18-32-14-13-28(24)5;1-3(2)4/h7-9,11-12,15-17,24H,1,10,13-14,18H2,2-6H3;3H,1-2H3/b22-8+,23-9-;. The van der Waals surface area contributed by atoms with Gasteiger partial charge in [-0.2, -0.15) is 0 Å². The van der Waals surface area contributed by atoms with Gasteiger partial charge in [-0.15, -0.1) is 0 Å². The summed E-state index contributed by atoms with van der Waals surface area (Å²) in [5, 5.41) is 0. The summed E-state index contributed by atoms with van der Waals surface area (Å²) in [6.07, 6.45) is 12.1. The second-order valence-electron chi connectivity index (χ2n) is 8.93. The van der Waals surface area contributed by atoms with Crippen LogP contribution in [-0.4, -0.2) is 61.7 Å². The second-order valence-corrected chi connectivity index (χ2v) is 8.93. The molecule has 0 spiro atoms. The number of morpholine rings is 1. The van der Waals surface area contributed by atoms with Crippen molar-refractivity contribution in [3.63, 3.8) is 0 Å². The Labute approximate surface area is 216 Å². The molecule has 196 valence electrons. The van der Waals surface area contributed by atoms with E-state index in [4.69, 9.17) is 9.47 Å². The minimum Gasteiger partial charge on any atom is -0.496 e. The topological polar surface area (TPSA) is 42.0 Å². The summed E-state index contributed by atoms with van der Waals surface area (Å²) in [5.74, 6) is 0.618. The Morgan fingerprint density at radius 2 is 2.03 bits per heavy atom. The number of allylic oxidation sites excluding steroid dienone is 3. The molecule has 1 saturated heterocycles. The van der Waals surface area contributed by atoms with E-state index in [2.05, 4.69) is 53.9 Å². The first kappa shape index (κ1) is 29.3. The van der Waals surface area contributed by atoms with Gasteiger partial charge in [-0.25, -0.2) is 4.39 Å². The summed E-state index contributed by atoms with van der Waals surface area (Å²) < 4.78 is 22.3. The van der Waals surface area contributed by atoms with Crippen LogP contribution >= 0.6 is 0 Å². The van der Waals surface area contributed by atoms with Gasteiger partial charge in [0.2, 0.25) is 0 Å². The number of rotatable bonds is 7. The second kappa shape index (κ2) is 14.0. The molecule has 1 aromatic rings. The van der Waals surface area contributed by atoms with Crippen molar-refractivity contribution in [1.82, 2.24) is 9.80 Å². The average molecular weight is 497 g/mol. The summed E-state index contributed by atoms with van der Waals surface area (Å²) in [5.41, 5.74) is 5.67. The Hall–Kier alpha value is -2.96. The molecule has 2 aliphatic rings. The summed E-state index contributed by atoms with van der Waals surface area (Å²) in [6.45, 7) is 15.3. The van der Waals surface area contributed by atoms with Gasteiger partial charge in [0.05, 0.1) is 38.1 Å². The molecule has 0 aromatic heterocycles. The number of halogens is 1. The Kier molecular flexibility index (Phi) is 11.3.